The third-order valence-corrected chi connectivity index (χ3v) is 4.72. The summed E-state index contributed by atoms with van der Waals surface area (Å²) in [5.74, 6) is 1.78. The number of amides is 1. The van der Waals surface area contributed by atoms with E-state index in [9.17, 15) is 4.79 Å². The molecule has 0 aromatic carbocycles. The molecule has 0 aliphatic carbocycles. The van der Waals surface area contributed by atoms with E-state index in [2.05, 4.69) is 20.5 Å². The molecule has 1 fully saturated rings. The van der Waals surface area contributed by atoms with Gasteiger partial charge in [0.25, 0.3) is 0 Å². The molecule has 1 unspecified atom stereocenters. The van der Waals surface area contributed by atoms with Crippen LogP contribution in [0.4, 0.5) is 5.82 Å². The minimum absolute atomic E-state index is 0.0430. The zero-order valence-corrected chi connectivity index (χ0v) is 13.6. The summed E-state index contributed by atoms with van der Waals surface area (Å²) >= 11 is 1.61. The summed E-state index contributed by atoms with van der Waals surface area (Å²) in [6.45, 7) is 0.850. The van der Waals surface area contributed by atoms with Crippen molar-refractivity contribution in [3.05, 3.63) is 30.6 Å². The number of pyridine rings is 1. The quantitative estimate of drug-likeness (QED) is 0.850. The van der Waals surface area contributed by atoms with Crippen molar-refractivity contribution in [3.8, 4) is 11.3 Å². The van der Waals surface area contributed by atoms with E-state index in [0.29, 0.717) is 17.7 Å². The Balaban J connectivity index is 1.44. The molecule has 3 rings (SSSR count). The fourth-order valence-electron chi connectivity index (χ4n) is 2.47. The lowest BCUT2D eigenvalue weighted by Crippen LogP contribution is -2.23. The molecular formula is C16H20N4O2S. The van der Waals surface area contributed by atoms with Crippen LogP contribution in [0.2, 0.25) is 0 Å². The number of hydrogen-bond acceptors (Lipinski definition) is 5. The Morgan fingerprint density at radius 3 is 3.04 bits per heavy atom. The number of ether oxygens (including phenoxy) is 1. The fourth-order valence-corrected chi connectivity index (χ4v) is 3.37. The Morgan fingerprint density at radius 2 is 2.26 bits per heavy atom. The molecular weight excluding hydrogens is 312 g/mol. The predicted octanol–water partition coefficient (Wildman–Crippen LogP) is 2.71. The van der Waals surface area contributed by atoms with Crippen LogP contribution in [0.1, 0.15) is 19.3 Å². The lowest BCUT2D eigenvalue weighted by atomic mass is 10.1. The van der Waals surface area contributed by atoms with Crippen LogP contribution in [0.5, 0.6) is 0 Å². The number of hydrogen-bond donors (Lipinski definition) is 2. The fraction of sp³-hybridized carbons (Fsp3) is 0.438. The van der Waals surface area contributed by atoms with Gasteiger partial charge in [0.15, 0.2) is 5.82 Å². The monoisotopic (exact) mass is 332 g/mol. The van der Waals surface area contributed by atoms with E-state index in [1.807, 2.05) is 18.2 Å². The summed E-state index contributed by atoms with van der Waals surface area (Å²) in [7, 11) is 0. The van der Waals surface area contributed by atoms with Crippen molar-refractivity contribution in [2.24, 2.45) is 0 Å². The van der Waals surface area contributed by atoms with Crippen molar-refractivity contribution in [1.29, 1.82) is 0 Å². The van der Waals surface area contributed by atoms with Gasteiger partial charge in [0.05, 0.1) is 17.6 Å². The number of nitrogens with one attached hydrogen (secondary N) is 2. The first-order chi connectivity index (χ1) is 11.3. The number of carbonyl (C=O) groups excluding carboxylic acids is 1. The van der Waals surface area contributed by atoms with E-state index in [-0.39, 0.29) is 5.91 Å². The number of rotatable bonds is 6. The Labute approximate surface area is 139 Å². The van der Waals surface area contributed by atoms with E-state index in [1.54, 1.807) is 24.2 Å². The third kappa shape index (κ3) is 4.80. The molecule has 7 heteroatoms. The Hall–Kier alpha value is -1.86. The van der Waals surface area contributed by atoms with Crippen LogP contribution in [0.3, 0.4) is 0 Å². The molecule has 2 N–H and O–H groups in total. The number of anilines is 1. The smallest absolute Gasteiger partial charge is 0.235 e. The summed E-state index contributed by atoms with van der Waals surface area (Å²) in [5.41, 5.74) is 1.84. The number of nitrogens with zero attached hydrogens (tertiary/aromatic N) is 2. The molecule has 1 saturated heterocycles. The maximum absolute atomic E-state index is 12.0. The molecule has 0 radical (unpaired) electrons. The average molecular weight is 332 g/mol. The second-order valence-electron chi connectivity index (χ2n) is 5.45. The first-order valence-corrected chi connectivity index (χ1v) is 8.92. The molecule has 23 heavy (non-hydrogen) atoms. The van der Waals surface area contributed by atoms with E-state index in [0.717, 1.165) is 36.5 Å². The number of aromatic nitrogens is 3. The highest BCUT2D eigenvalue weighted by Gasteiger charge is 2.14. The lowest BCUT2D eigenvalue weighted by Gasteiger charge is -2.21. The molecule has 1 aliphatic rings. The van der Waals surface area contributed by atoms with Crippen LogP contribution in [0.25, 0.3) is 11.3 Å². The van der Waals surface area contributed by atoms with Crippen molar-refractivity contribution in [2.45, 2.75) is 25.4 Å². The maximum atomic E-state index is 12.0. The van der Waals surface area contributed by atoms with Gasteiger partial charge >= 0.3 is 0 Å². The van der Waals surface area contributed by atoms with Gasteiger partial charge in [-0.15, -0.1) is 11.8 Å². The van der Waals surface area contributed by atoms with Gasteiger partial charge in [-0.3, -0.25) is 14.9 Å². The van der Waals surface area contributed by atoms with Crippen molar-refractivity contribution in [1.82, 2.24) is 15.2 Å². The molecule has 1 atom stereocenters. The lowest BCUT2D eigenvalue weighted by molar-refractivity contribution is -0.113. The highest BCUT2D eigenvalue weighted by atomic mass is 32.2. The van der Waals surface area contributed by atoms with E-state index < -0.39 is 0 Å². The van der Waals surface area contributed by atoms with Crippen LogP contribution in [-0.2, 0) is 9.53 Å². The number of H-pyrrole nitrogens is 1. The molecule has 1 amide bonds. The molecule has 0 bridgehead atoms. The summed E-state index contributed by atoms with van der Waals surface area (Å²) in [5, 5.41) is 9.85. The zero-order valence-electron chi connectivity index (χ0n) is 12.8. The van der Waals surface area contributed by atoms with Gasteiger partial charge in [0, 0.05) is 36.4 Å². The predicted molar refractivity (Wildman–Crippen MR) is 91.4 cm³/mol. The summed E-state index contributed by atoms with van der Waals surface area (Å²) in [6.07, 6.45) is 7.22. The van der Waals surface area contributed by atoms with Crippen LogP contribution >= 0.6 is 11.8 Å². The molecule has 0 spiro atoms. The minimum Gasteiger partial charge on any atom is -0.377 e. The Morgan fingerprint density at radius 1 is 1.39 bits per heavy atom. The first kappa shape index (κ1) is 16.0. The second-order valence-corrected chi connectivity index (χ2v) is 6.48. The van der Waals surface area contributed by atoms with Crippen LogP contribution in [0.15, 0.2) is 30.6 Å². The third-order valence-electron chi connectivity index (χ3n) is 3.65. The normalized spacial score (nSPS) is 17.8. The van der Waals surface area contributed by atoms with Crippen molar-refractivity contribution in [2.75, 3.05) is 23.4 Å². The SMILES string of the molecule is O=C(CSCC1CCCCO1)Nc1cc(-c2ccncc2)[nH]n1. The number of thioether (sulfide) groups is 1. The topological polar surface area (TPSA) is 79.9 Å². The minimum atomic E-state index is -0.0430. The van der Waals surface area contributed by atoms with Gasteiger partial charge in [-0.1, -0.05) is 0 Å². The molecule has 0 saturated carbocycles. The van der Waals surface area contributed by atoms with Gasteiger partial charge in [-0.2, -0.15) is 5.10 Å². The van der Waals surface area contributed by atoms with Crippen molar-refractivity contribution < 1.29 is 9.53 Å². The van der Waals surface area contributed by atoms with Crippen LogP contribution in [0, 0.1) is 0 Å². The second kappa shape index (κ2) is 8.12. The zero-order chi connectivity index (χ0) is 15.9. The molecule has 2 aromatic rings. The number of carbonyl (C=O) groups is 1. The van der Waals surface area contributed by atoms with Gasteiger partial charge in [-0.05, 0) is 31.4 Å². The molecule has 6 nitrogen and oxygen atoms in total. The van der Waals surface area contributed by atoms with E-state index in [4.69, 9.17) is 4.74 Å². The molecule has 122 valence electrons. The van der Waals surface area contributed by atoms with E-state index in [1.165, 1.54) is 6.42 Å². The van der Waals surface area contributed by atoms with Gasteiger partial charge < -0.3 is 10.1 Å². The average Bonchev–Trinajstić information content (AvgIpc) is 3.05. The molecule has 1 aliphatic heterocycles. The molecule has 2 aromatic heterocycles. The largest absolute Gasteiger partial charge is 0.377 e. The maximum Gasteiger partial charge on any atom is 0.235 e. The summed E-state index contributed by atoms with van der Waals surface area (Å²) in [6, 6.07) is 5.60. The summed E-state index contributed by atoms with van der Waals surface area (Å²) in [4.78, 5) is 15.9. The highest BCUT2D eigenvalue weighted by Crippen LogP contribution is 2.19. The standard InChI is InChI=1S/C16H20N4O2S/c21-16(11-23-10-13-3-1-2-8-22-13)18-15-9-14(19-20-15)12-4-6-17-7-5-12/h4-7,9,13H,1-3,8,10-11H2,(H2,18,19,20,21). The van der Waals surface area contributed by atoms with Crippen molar-refractivity contribution >= 4 is 23.5 Å². The van der Waals surface area contributed by atoms with E-state index >= 15 is 0 Å². The van der Waals surface area contributed by atoms with Crippen LogP contribution < -0.4 is 5.32 Å². The van der Waals surface area contributed by atoms with Gasteiger partial charge in [0.1, 0.15) is 0 Å². The van der Waals surface area contributed by atoms with Gasteiger partial charge in [-0.25, -0.2) is 0 Å². The van der Waals surface area contributed by atoms with Gasteiger partial charge in [0.2, 0.25) is 5.91 Å². The summed E-state index contributed by atoms with van der Waals surface area (Å²) < 4.78 is 5.66. The first-order valence-electron chi connectivity index (χ1n) is 7.76. The highest BCUT2D eigenvalue weighted by molar-refractivity contribution is 8.00. The Kier molecular flexibility index (Phi) is 5.65. The Bertz CT molecular complexity index is 626. The van der Waals surface area contributed by atoms with Crippen LogP contribution in [-0.4, -0.2) is 45.3 Å². The molecule has 3 heterocycles. The van der Waals surface area contributed by atoms with Crippen molar-refractivity contribution in [3.63, 3.8) is 0 Å². The number of aromatic amines is 1.